The van der Waals surface area contributed by atoms with Gasteiger partial charge in [-0.3, -0.25) is 4.79 Å². The molecule has 0 aliphatic heterocycles. The molecule has 0 atom stereocenters. The van der Waals surface area contributed by atoms with E-state index in [4.69, 9.17) is 23.2 Å². The molecular formula is C9H6Cl2O3. The first-order chi connectivity index (χ1) is 6.56. The lowest BCUT2D eigenvalue weighted by molar-refractivity contribution is -0.135. The highest BCUT2D eigenvalue weighted by Crippen LogP contribution is 2.21. The molecule has 0 saturated carbocycles. The van der Waals surface area contributed by atoms with Crippen molar-refractivity contribution in [3.8, 4) is 0 Å². The van der Waals surface area contributed by atoms with E-state index in [2.05, 4.69) is 4.74 Å². The summed E-state index contributed by atoms with van der Waals surface area (Å²) in [5, 5.41) is 0.532. The Kier molecular flexibility index (Phi) is 3.49. The van der Waals surface area contributed by atoms with Crippen LogP contribution in [0.4, 0.5) is 0 Å². The molecule has 0 aliphatic carbocycles. The van der Waals surface area contributed by atoms with Gasteiger partial charge in [0, 0.05) is 10.6 Å². The summed E-state index contributed by atoms with van der Waals surface area (Å²) in [6.45, 7) is 0. The fraction of sp³-hybridized carbons (Fsp3) is 0.111. The normalized spacial score (nSPS) is 9.64. The van der Waals surface area contributed by atoms with Gasteiger partial charge in [-0.15, -0.1) is 0 Å². The number of esters is 1. The number of carbonyl (C=O) groups excluding carboxylic acids is 2. The van der Waals surface area contributed by atoms with Crippen molar-refractivity contribution in [3.63, 3.8) is 0 Å². The van der Waals surface area contributed by atoms with Gasteiger partial charge in [0.1, 0.15) is 0 Å². The van der Waals surface area contributed by atoms with Crippen LogP contribution in [0.2, 0.25) is 10.0 Å². The number of hydrogen-bond donors (Lipinski definition) is 0. The van der Waals surface area contributed by atoms with Crippen molar-refractivity contribution in [2.24, 2.45) is 0 Å². The summed E-state index contributed by atoms with van der Waals surface area (Å²) in [6.07, 6.45) is 0. The number of ether oxygens (including phenoxy) is 1. The van der Waals surface area contributed by atoms with Crippen LogP contribution < -0.4 is 0 Å². The predicted molar refractivity (Wildman–Crippen MR) is 52.8 cm³/mol. The Bertz CT molecular complexity index is 388. The maximum absolute atomic E-state index is 11.3. The van der Waals surface area contributed by atoms with E-state index in [-0.39, 0.29) is 10.6 Å². The second-order valence-electron chi connectivity index (χ2n) is 2.44. The van der Waals surface area contributed by atoms with Crippen LogP contribution in [0.1, 0.15) is 10.4 Å². The Labute approximate surface area is 90.6 Å². The van der Waals surface area contributed by atoms with E-state index < -0.39 is 11.8 Å². The SMILES string of the molecule is COC(=O)C(=O)c1ccc(Cl)cc1Cl. The molecule has 0 amide bonds. The summed E-state index contributed by atoms with van der Waals surface area (Å²) in [5.74, 6) is -1.73. The standard InChI is InChI=1S/C9H6Cl2O3/c1-14-9(13)8(12)6-3-2-5(10)4-7(6)11/h2-4H,1H3. The van der Waals surface area contributed by atoms with Crippen molar-refractivity contribution in [2.75, 3.05) is 7.11 Å². The predicted octanol–water partition coefficient (Wildman–Crippen LogP) is 2.35. The van der Waals surface area contributed by atoms with Crippen LogP contribution in [0.3, 0.4) is 0 Å². The molecule has 1 aromatic rings. The van der Waals surface area contributed by atoms with Crippen LogP contribution in [0.25, 0.3) is 0 Å². The number of rotatable bonds is 2. The minimum Gasteiger partial charge on any atom is -0.463 e. The highest BCUT2D eigenvalue weighted by Gasteiger charge is 2.19. The van der Waals surface area contributed by atoms with E-state index in [1.807, 2.05) is 0 Å². The fourth-order valence-electron chi connectivity index (χ4n) is 0.876. The molecule has 5 heteroatoms. The molecular weight excluding hydrogens is 227 g/mol. The summed E-state index contributed by atoms with van der Waals surface area (Å²) in [7, 11) is 1.13. The van der Waals surface area contributed by atoms with Gasteiger partial charge in [0.15, 0.2) is 0 Å². The van der Waals surface area contributed by atoms with Gasteiger partial charge in [0.05, 0.1) is 12.1 Å². The minimum atomic E-state index is -0.950. The lowest BCUT2D eigenvalue weighted by Crippen LogP contribution is -2.15. The van der Waals surface area contributed by atoms with E-state index in [1.54, 1.807) is 0 Å². The van der Waals surface area contributed by atoms with E-state index in [0.717, 1.165) is 7.11 Å². The molecule has 0 aromatic heterocycles. The van der Waals surface area contributed by atoms with Gasteiger partial charge in [-0.2, -0.15) is 0 Å². The molecule has 1 rings (SSSR count). The van der Waals surface area contributed by atoms with Gasteiger partial charge in [-0.1, -0.05) is 23.2 Å². The summed E-state index contributed by atoms with van der Waals surface area (Å²) < 4.78 is 4.27. The topological polar surface area (TPSA) is 43.4 Å². The number of carbonyl (C=O) groups is 2. The maximum Gasteiger partial charge on any atom is 0.379 e. The third kappa shape index (κ3) is 2.25. The Morgan fingerprint density at radius 1 is 1.29 bits per heavy atom. The Hall–Kier alpha value is -1.06. The molecule has 3 nitrogen and oxygen atoms in total. The summed E-state index contributed by atoms with van der Waals surface area (Å²) in [4.78, 5) is 22.2. The summed E-state index contributed by atoms with van der Waals surface area (Å²) >= 11 is 11.3. The van der Waals surface area contributed by atoms with Crippen molar-refractivity contribution in [3.05, 3.63) is 33.8 Å². The molecule has 0 spiro atoms. The zero-order chi connectivity index (χ0) is 10.7. The minimum absolute atomic E-state index is 0.0860. The van der Waals surface area contributed by atoms with Crippen LogP contribution in [0.15, 0.2) is 18.2 Å². The summed E-state index contributed by atoms with van der Waals surface area (Å²) in [5.41, 5.74) is 0.0860. The Morgan fingerprint density at radius 2 is 1.93 bits per heavy atom. The number of ketones is 1. The van der Waals surface area contributed by atoms with Gasteiger partial charge in [-0.05, 0) is 18.2 Å². The van der Waals surface area contributed by atoms with E-state index >= 15 is 0 Å². The number of methoxy groups -OCH3 is 1. The van der Waals surface area contributed by atoms with Gasteiger partial charge in [-0.25, -0.2) is 4.79 Å². The van der Waals surface area contributed by atoms with Gasteiger partial charge in [0.2, 0.25) is 0 Å². The van der Waals surface area contributed by atoms with Crippen LogP contribution >= 0.6 is 23.2 Å². The van der Waals surface area contributed by atoms with E-state index in [1.165, 1.54) is 18.2 Å². The monoisotopic (exact) mass is 232 g/mol. The van der Waals surface area contributed by atoms with E-state index in [9.17, 15) is 9.59 Å². The van der Waals surface area contributed by atoms with E-state index in [0.29, 0.717) is 5.02 Å². The molecule has 1 aromatic carbocycles. The lowest BCUT2D eigenvalue weighted by Gasteiger charge is -2.01. The van der Waals surface area contributed by atoms with Gasteiger partial charge < -0.3 is 4.74 Å². The van der Waals surface area contributed by atoms with Gasteiger partial charge in [0.25, 0.3) is 5.78 Å². The number of hydrogen-bond acceptors (Lipinski definition) is 3. The first-order valence-electron chi connectivity index (χ1n) is 3.64. The molecule has 14 heavy (non-hydrogen) atoms. The lowest BCUT2D eigenvalue weighted by atomic mass is 10.1. The molecule has 0 bridgehead atoms. The Morgan fingerprint density at radius 3 is 2.43 bits per heavy atom. The first kappa shape index (κ1) is 11.0. The molecule has 0 saturated heterocycles. The highest BCUT2D eigenvalue weighted by molar-refractivity contribution is 6.46. The number of Topliss-reactive ketones (excluding diaryl/α,β-unsaturated/α-hetero) is 1. The van der Waals surface area contributed by atoms with Crippen LogP contribution in [0, 0.1) is 0 Å². The average molecular weight is 233 g/mol. The second kappa shape index (κ2) is 4.44. The number of halogens is 2. The third-order valence-corrected chi connectivity index (χ3v) is 2.09. The van der Waals surface area contributed by atoms with Crippen molar-refractivity contribution in [1.82, 2.24) is 0 Å². The quantitative estimate of drug-likeness (QED) is 0.447. The molecule has 0 heterocycles. The number of benzene rings is 1. The molecule has 0 aliphatic rings. The van der Waals surface area contributed by atoms with Crippen molar-refractivity contribution >= 4 is 35.0 Å². The van der Waals surface area contributed by atoms with Gasteiger partial charge >= 0.3 is 5.97 Å². The third-order valence-electron chi connectivity index (χ3n) is 1.55. The van der Waals surface area contributed by atoms with Crippen LogP contribution in [0.5, 0.6) is 0 Å². The Balaban J connectivity index is 3.08. The molecule has 74 valence electrons. The van der Waals surface area contributed by atoms with Crippen LogP contribution in [-0.2, 0) is 9.53 Å². The second-order valence-corrected chi connectivity index (χ2v) is 3.29. The summed E-state index contributed by atoms with van der Waals surface area (Å²) in [6, 6.07) is 4.24. The zero-order valence-electron chi connectivity index (χ0n) is 7.21. The smallest absolute Gasteiger partial charge is 0.379 e. The zero-order valence-corrected chi connectivity index (χ0v) is 8.72. The van der Waals surface area contributed by atoms with Crippen molar-refractivity contribution in [2.45, 2.75) is 0 Å². The average Bonchev–Trinajstić information content (AvgIpc) is 2.15. The first-order valence-corrected chi connectivity index (χ1v) is 4.39. The molecule has 0 radical (unpaired) electrons. The molecule has 0 unspecified atom stereocenters. The van der Waals surface area contributed by atoms with Crippen LogP contribution in [-0.4, -0.2) is 18.9 Å². The largest absolute Gasteiger partial charge is 0.463 e. The highest BCUT2D eigenvalue weighted by atomic mass is 35.5. The van der Waals surface area contributed by atoms with Crippen molar-refractivity contribution in [1.29, 1.82) is 0 Å². The maximum atomic E-state index is 11.3. The fourth-order valence-corrected chi connectivity index (χ4v) is 1.37. The van der Waals surface area contributed by atoms with Crippen molar-refractivity contribution < 1.29 is 14.3 Å². The molecule has 0 fully saturated rings. The molecule has 0 N–H and O–H groups in total.